The van der Waals surface area contributed by atoms with Gasteiger partial charge in [0.25, 0.3) is 0 Å². The second-order valence-electron chi connectivity index (χ2n) is 6.03. The van der Waals surface area contributed by atoms with Gasteiger partial charge in [-0.05, 0) is 36.2 Å². The van der Waals surface area contributed by atoms with Crippen LogP contribution in [0.25, 0.3) is 0 Å². The van der Waals surface area contributed by atoms with Crippen molar-refractivity contribution in [2.24, 2.45) is 0 Å². The molecule has 2 aromatic rings. The van der Waals surface area contributed by atoms with Gasteiger partial charge in [-0.1, -0.05) is 35.9 Å². The molecule has 0 aliphatic carbocycles. The summed E-state index contributed by atoms with van der Waals surface area (Å²) in [6.07, 6.45) is 0.487. The van der Waals surface area contributed by atoms with Crippen LogP contribution < -0.4 is 10.2 Å². The minimum Gasteiger partial charge on any atom is -0.368 e. The van der Waals surface area contributed by atoms with Crippen LogP contribution in [0.1, 0.15) is 5.56 Å². The van der Waals surface area contributed by atoms with Crippen molar-refractivity contribution in [1.82, 2.24) is 10.2 Å². The molecule has 1 fully saturated rings. The van der Waals surface area contributed by atoms with Crippen molar-refractivity contribution in [3.05, 3.63) is 64.9 Å². The Morgan fingerprint density at radius 3 is 2.56 bits per heavy atom. The molecule has 2 amide bonds. The van der Waals surface area contributed by atoms with E-state index < -0.39 is 0 Å². The minimum absolute atomic E-state index is 0.0953. The molecule has 0 bridgehead atoms. The molecule has 1 aliphatic rings. The summed E-state index contributed by atoms with van der Waals surface area (Å²) in [4.78, 5) is 16.3. The molecule has 2 aromatic carbocycles. The maximum Gasteiger partial charge on any atom is 0.317 e. The summed E-state index contributed by atoms with van der Waals surface area (Å²) in [5.41, 5.74) is 1.70. The van der Waals surface area contributed by atoms with E-state index >= 15 is 0 Å². The second kappa shape index (κ2) is 8.21. The molecule has 3 rings (SSSR count). The summed E-state index contributed by atoms with van der Waals surface area (Å²) in [7, 11) is 0. The molecule has 6 heteroatoms. The number of nitrogens with one attached hydrogen (secondary N) is 1. The Balaban J connectivity index is 1.45. The van der Waals surface area contributed by atoms with Crippen LogP contribution >= 0.6 is 11.6 Å². The lowest BCUT2D eigenvalue weighted by atomic mass is 10.1. The van der Waals surface area contributed by atoms with Crippen molar-refractivity contribution in [2.75, 3.05) is 37.6 Å². The molecule has 132 valence electrons. The average Bonchev–Trinajstić information content (AvgIpc) is 2.63. The number of amides is 2. The fourth-order valence-electron chi connectivity index (χ4n) is 2.96. The third-order valence-electron chi connectivity index (χ3n) is 4.37. The van der Waals surface area contributed by atoms with Gasteiger partial charge in [0.2, 0.25) is 0 Å². The molecule has 0 spiro atoms. The number of piperazine rings is 1. The van der Waals surface area contributed by atoms with Gasteiger partial charge in [0.1, 0.15) is 5.82 Å². The van der Waals surface area contributed by atoms with Crippen LogP contribution in [0, 0.1) is 5.82 Å². The number of urea groups is 1. The first-order valence-electron chi connectivity index (χ1n) is 8.40. The van der Waals surface area contributed by atoms with Gasteiger partial charge < -0.3 is 15.1 Å². The number of hydrogen-bond acceptors (Lipinski definition) is 2. The highest BCUT2D eigenvalue weighted by atomic mass is 35.5. The summed E-state index contributed by atoms with van der Waals surface area (Å²) < 4.78 is 13.6. The van der Waals surface area contributed by atoms with Crippen LogP contribution in [-0.2, 0) is 6.42 Å². The van der Waals surface area contributed by atoms with Crippen molar-refractivity contribution in [3.8, 4) is 0 Å². The van der Waals surface area contributed by atoms with Crippen LogP contribution in [0.2, 0.25) is 5.02 Å². The topological polar surface area (TPSA) is 35.6 Å². The predicted molar refractivity (Wildman–Crippen MR) is 98.7 cm³/mol. The Morgan fingerprint density at radius 2 is 1.84 bits per heavy atom. The van der Waals surface area contributed by atoms with Gasteiger partial charge in [-0.15, -0.1) is 0 Å². The maximum atomic E-state index is 13.6. The largest absolute Gasteiger partial charge is 0.368 e. The highest BCUT2D eigenvalue weighted by molar-refractivity contribution is 6.30. The van der Waals surface area contributed by atoms with E-state index in [0.29, 0.717) is 36.6 Å². The van der Waals surface area contributed by atoms with E-state index in [2.05, 4.69) is 10.2 Å². The van der Waals surface area contributed by atoms with Crippen molar-refractivity contribution >= 4 is 23.3 Å². The van der Waals surface area contributed by atoms with E-state index in [4.69, 9.17) is 11.6 Å². The van der Waals surface area contributed by atoms with E-state index in [-0.39, 0.29) is 11.8 Å². The summed E-state index contributed by atoms with van der Waals surface area (Å²) in [6.45, 7) is 3.26. The zero-order valence-corrected chi connectivity index (χ0v) is 14.7. The van der Waals surface area contributed by atoms with Gasteiger partial charge in [0.15, 0.2) is 0 Å². The molecule has 0 unspecified atom stereocenters. The lowest BCUT2D eigenvalue weighted by molar-refractivity contribution is 0.194. The van der Waals surface area contributed by atoms with Crippen LogP contribution in [0.15, 0.2) is 48.5 Å². The second-order valence-corrected chi connectivity index (χ2v) is 6.46. The first-order chi connectivity index (χ1) is 12.1. The van der Waals surface area contributed by atoms with Gasteiger partial charge in [-0.2, -0.15) is 0 Å². The number of carbonyl (C=O) groups excluding carboxylic acids is 1. The normalized spacial score (nSPS) is 14.5. The number of carbonyl (C=O) groups is 1. The molecule has 0 aromatic heterocycles. The first kappa shape index (κ1) is 17.5. The van der Waals surface area contributed by atoms with Crippen LogP contribution in [0.4, 0.5) is 14.9 Å². The Morgan fingerprint density at radius 1 is 1.08 bits per heavy atom. The fraction of sp³-hybridized carbons (Fsp3) is 0.316. The van der Waals surface area contributed by atoms with Crippen LogP contribution in [0.5, 0.6) is 0 Å². The third kappa shape index (κ3) is 4.63. The van der Waals surface area contributed by atoms with Crippen molar-refractivity contribution in [3.63, 3.8) is 0 Å². The van der Waals surface area contributed by atoms with Crippen molar-refractivity contribution in [1.29, 1.82) is 0 Å². The monoisotopic (exact) mass is 361 g/mol. The Kier molecular flexibility index (Phi) is 5.76. The van der Waals surface area contributed by atoms with Crippen molar-refractivity contribution < 1.29 is 9.18 Å². The molecule has 1 heterocycles. The fourth-order valence-corrected chi connectivity index (χ4v) is 3.14. The molecule has 25 heavy (non-hydrogen) atoms. The summed E-state index contributed by atoms with van der Waals surface area (Å²) in [6, 6.07) is 14.3. The smallest absolute Gasteiger partial charge is 0.317 e. The van der Waals surface area contributed by atoms with E-state index in [1.165, 1.54) is 6.07 Å². The third-order valence-corrected chi connectivity index (χ3v) is 4.60. The molecular formula is C19H21ClFN3O. The Bertz CT molecular complexity index is 732. The molecule has 1 N–H and O–H groups in total. The molecule has 0 radical (unpaired) electrons. The van der Waals surface area contributed by atoms with Gasteiger partial charge in [-0.25, -0.2) is 9.18 Å². The van der Waals surface area contributed by atoms with Gasteiger partial charge >= 0.3 is 6.03 Å². The number of rotatable bonds is 4. The van der Waals surface area contributed by atoms with Crippen molar-refractivity contribution in [2.45, 2.75) is 6.42 Å². The summed E-state index contributed by atoms with van der Waals surface area (Å²) in [5, 5.41) is 3.59. The summed E-state index contributed by atoms with van der Waals surface area (Å²) >= 11 is 6.03. The zero-order chi connectivity index (χ0) is 17.6. The standard InChI is InChI=1S/C19H21ClFN3O/c20-16-5-3-6-17(14-16)23-10-12-24(13-11-23)19(25)22-9-8-15-4-1-2-7-18(15)21/h1-7,14H,8-13H2,(H,22,25). The Hall–Kier alpha value is -2.27. The van der Waals surface area contributed by atoms with Gasteiger partial charge in [0.05, 0.1) is 0 Å². The van der Waals surface area contributed by atoms with Crippen LogP contribution in [-0.4, -0.2) is 43.7 Å². The maximum absolute atomic E-state index is 13.6. The lowest BCUT2D eigenvalue weighted by Crippen LogP contribution is -2.52. The van der Waals surface area contributed by atoms with E-state index in [1.807, 2.05) is 24.3 Å². The van der Waals surface area contributed by atoms with Gasteiger partial charge in [0, 0.05) is 43.4 Å². The number of hydrogen-bond donors (Lipinski definition) is 1. The molecular weight excluding hydrogens is 341 g/mol. The molecule has 1 aliphatic heterocycles. The highest BCUT2D eigenvalue weighted by Crippen LogP contribution is 2.20. The average molecular weight is 362 g/mol. The molecule has 0 atom stereocenters. The number of nitrogens with zero attached hydrogens (tertiary/aromatic N) is 2. The van der Waals surface area contributed by atoms with E-state index in [0.717, 1.165) is 18.8 Å². The minimum atomic E-state index is -0.230. The number of anilines is 1. The molecule has 0 saturated carbocycles. The lowest BCUT2D eigenvalue weighted by Gasteiger charge is -2.36. The van der Waals surface area contributed by atoms with E-state index in [9.17, 15) is 9.18 Å². The number of benzene rings is 2. The van der Waals surface area contributed by atoms with Crippen LogP contribution in [0.3, 0.4) is 0 Å². The first-order valence-corrected chi connectivity index (χ1v) is 8.78. The number of halogens is 2. The Labute approximate surface area is 152 Å². The van der Waals surface area contributed by atoms with Gasteiger partial charge in [-0.3, -0.25) is 0 Å². The summed E-state index contributed by atoms with van der Waals surface area (Å²) in [5.74, 6) is -0.230. The zero-order valence-electron chi connectivity index (χ0n) is 13.9. The SMILES string of the molecule is O=C(NCCc1ccccc1F)N1CCN(c2cccc(Cl)c2)CC1. The molecule has 4 nitrogen and oxygen atoms in total. The highest BCUT2D eigenvalue weighted by Gasteiger charge is 2.21. The molecule has 1 saturated heterocycles. The quantitative estimate of drug-likeness (QED) is 0.903. The van der Waals surface area contributed by atoms with E-state index in [1.54, 1.807) is 23.1 Å². The predicted octanol–water partition coefficient (Wildman–Crippen LogP) is 3.55.